The number of hydrogen-bond donors (Lipinski definition) is 1. The van der Waals surface area contributed by atoms with Crippen LogP contribution in [0.1, 0.15) is 32.1 Å². The summed E-state index contributed by atoms with van der Waals surface area (Å²) in [4.78, 5) is 14.6. The largest absolute Gasteiger partial charge is 0.376 e. The second-order valence-electron chi connectivity index (χ2n) is 7.71. The molecule has 3 rings (SSSR count). The number of ether oxygens (including phenoxy) is 1. The van der Waals surface area contributed by atoms with Gasteiger partial charge in [-0.2, -0.15) is 0 Å². The zero-order chi connectivity index (χ0) is 19.3. The second kappa shape index (κ2) is 8.71. The van der Waals surface area contributed by atoms with Gasteiger partial charge in [-0.3, -0.25) is 4.79 Å². The van der Waals surface area contributed by atoms with Crippen LogP contribution in [0.25, 0.3) is 0 Å². The molecule has 1 saturated carbocycles. The maximum Gasteiger partial charge on any atom is 0.223 e. The van der Waals surface area contributed by atoms with Gasteiger partial charge >= 0.3 is 0 Å². The van der Waals surface area contributed by atoms with Crippen molar-refractivity contribution in [2.75, 3.05) is 39.0 Å². The summed E-state index contributed by atoms with van der Waals surface area (Å²) in [6, 6.07) is 8.60. The summed E-state index contributed by atoms with van der Waals surface area (Å²) >= 11 is 0. The molecule has 0 atom stereocenters. The molecule has 1 aromatic carbocycles. The molecule has 1 amide bonds. The standard InChI is InChI=1S/C20H30N2O4S/c1-26-20(16-21-19(23)17-6-5-7-17)10-12-22(13-11-20)14-15-27(24,25)18-8-3-2-4-9-18/h2-4,8-9,17H,5-7,10-16H2,1H3,(H,21,23). The van der Waals surface area contributed by atoms with Crippen LogP contribution in [0, 0.1) is 5.92 Å². The van der Waals surface area contributed by atoms with Crippen molar-refractivity contribution >= 4 is 15.7 Å². The van der Waals surface area contributed by atoms with Crippen molar-refractivity contribution in [1.82, 2.24) is 10.2 Å². The number of piperidine rings is 1. The highest BCUT2D eigenvalue weighted by Gasteiger charge is 2.36. The van der Waals surface area contributed by atoms with E-state index < -0.39 is 9.84 Å². The van der Waals surface area contributed by atoms with E-state index in [9.17, 15) is 13.2 Å². The zero-order valence-electron chi connectivity index (χ0n) is 16.0. The summed E-state index contributed by atoms with van der Waals surface area (Å²) in [5, 5.41) is 3.06. The smallest absolute Gasteiger partial charge is 0.223 e. The molecule has 6 nitrogen and oxygen atoms in total. The van der Waals surface area contributed by atoms with E-state index in [0.717, 1.165) is 45.2 Å². The van der Waals surface area contributed by atoms with Crippen LogP contribution >= 0.6 is 0 Å². The van der Waals surface area contributed by atoms with Crippen LogP contribution < -0.4 is 5.32 Å². The van der Waals surface area contributed by atoms with Crippen LogP contribution in [0.2, 0.25) is 0 Å². The lowest BCUT2D eigenvalue weighted by Gasteiger charge is -2.41. The first-order valence-corrected chi connectivity index (χ1v) is 11.4. The molecule has 1 heterocycles. The molecule has 0 unspecified atom stereocenters. The van der Waals surface area contributed by atoms with Gasteiger partial charge in [0.15, 0.2) is 9.84 Å². The topological polar surface area (TPSA) is 75.7 Å². The molecule has 1 N–H and O–H groups in total. The molecule has 0 bridgehead atoms. The van der Waals surface area contributed by atoms with Gasteiger partial charge in [0.1, 0.15) is 0 Å². The van der Waals surface area contributed by atoms with Crippen molar-refractivity contribution in [1.29, 1.82) is 0 Å². The van der Waals surface area contributed by atoms with Gasteiger partial charge in [0.05, 0.1) is 16.2 Å². The van der Waals surface area contributed by atoms with E-state index in [0.29, 0.717) is 18.0 Å². The fourth-order valence-corrected chi connectivity index (χ4v) is 5.00. The van der Waals surface area contributed by atoms with Gasteiger partial charge in [0.2, 0.25) is 5.91 Å². The van der Waals surface area contributed by atoms with Crippen LogP contribution in [-0.4, -0.2) is 63.9 Å². The molecule has 1 aliphatic heterocycles. The van der Waals surface area contributed by atoms with Crippen LogP contribution in [0.3, 0.4) is 0 Å². The number of carbonyl (C=O) groups excluding carboxylic acids is 1. The Labute approximate surface area is 162 Å². The monoisotopic (exact) mass is 394 g/mol. The quantitative estimate of drug-likeness (QED) is 0.728. The first-order valence-electron chi connectivity index (χ1n) is 9.77. The van der Waals surface area contributed by atoms with E-state index in [4.69, 9.17) is 4.74 Å². The van der Waals surface area contributed by atoms with Crippen molar-refractivity contribution in [3.8, 4) is 0 Å². The van der Waals surface area contributed by atoms with Crippen LogP contribution in [0.4, 0.5) is 0 Å². The lowest BCUT2D eigenvalue weighted by molar-refractivity contribution is -0.130. The third-order valence-corrected chi connectivity index (χ3v) is 7.75. The van der Waals surface area contributed by atoms with E-state index in [1.165, 1.54) is 0 Å². The third kappa shape index (κ3) is 5.09. The van der Waals surface area contributed by atoms with Gasteiger partial charge in [-0.1, -0.05) is 24.6 Å². The summed E-state index contributed by atoms with van der Waals surface area (Å²) in [5.41, 5.74) is -0.339. The second-order valence-corrected chi connectivity index (χ2v) is 9.82. The molecule has 0 radical (unpaired) electrons. The van der Waals surface area contributed by atoms with Gasteiger partial charge in [-0.15, -0.1) is 0 Å². The van der Waals surface area contributed by atoms with E-state index in [1.54, 1.807) is 31.4 Å². The van der Waals surface area contributed by atoms with Gasteiger partial charge in [-0.25, -0.2) is 8.42 Å². The Balaban J connectivity index is 1.46. The van der Waals surface area contributed by atoms with Crippen LogP contribution in [0.15, 0.2) is 35.2 Å². The number of likely N-dealkylation sites (tertiary alicyclic amines) is 1. The van der Waals surface area contributed by atoms with Crippen molar-refractivity contribution in [3.63, 3.8) is 0 Å². The summed E-state index contributed by atoms with van der Waals surface area (Å²) in [5.74, 6) is 0.450. The maximum absolute atomic E-state index is 12.4. The minimum Gasteiger partial charge on any atom is -0.376 e. The van der Waals surface area contributed by atoms with E-state index in [-0.39, 0.29) is 23.2 Å². The number of hydrogen-bond acceptors (Lipinski definition) is 5. The average Bonchev–Trinajstić information content (AvgIpc) is 2.65. The molecule has 150 valence electrons. The Kier molecular flexibility index (Phi) is 6.55. The first kappa shape index (κ1) is 20.3. The van der Waals surface area contributed by atoms with Gasteiger partial charge in [0, 0.05) is 39.2 Å². The molecular weight excluding hydrogens is 364 g/mol. The molecule has 7 heteroatoms. The summed E-state index contributed by atoms with van der Waals surface area (Å²) < 4.78 is 30.6. The third-order valence-electron chi connectivity index (χ3n) is 6.04. The highest BCUT2D eigenvalue weighted by molar-refractivity contribution is 7.91. The number of amides is 1. The first-order chi connectivity index (χ1) is 12.9. The molecule has 27 heavy (non-hydrogen) atoms. The lowest BCUT2D eigenvalue weighted by atomic mass is 9.84. The number of nitrogens with one attached hydrogen (secondary N) is 1. The van der Waals surface area contributed by atoms with Crippen LogP contribution in [0.5, 0.6) is 0 Å². The number of benzene rings is 1. The lowest BCUT2D eigenvalue weighted by Crippen LogP contribution is -2.53. The number of carbonyl (C=O) groups is 1. The van der Waals surface area contributed by atoms with E-state index in [1.807, 2.05) is 6.07 Å². The van der Waals surface area contributed by atoms with Crippen molar-refractivity contribution in [2.45, 2.75) is 42.6 Å². The molecule has 1 saturated heterocycles. The maximum atomic E-state index is 12.4. The summed E-state index contributed by atoms with van der Waals surface area (Å²) in [6.07, 6.45) is 4.72. The summed E-state index contributed by atoms with van der Waals surface area (Å²) in [7, 11) is -1.55. The van der Waals surface area contributed by atoms with Crippen molar-refractivity contribution in [3.05, 3.63) is 30.3 Å². The number of sulfone groups is 1. The molecule has 2 fully saturated rings. The molecule has 2 aliphatic rings. The minimum atomic E-state index is -3.25. The molecule has 0 aromatic heterocycles. The predicted octanol–water partition coefficient (Wildman–Crippen LogP) is 1.86. The summed E-state index contributed by atoms with van der Waals surface area (Å²) in [6.45, 7) is 2.61. The Bertz CT molecular complexity index is 724. The van der Waals surface area contributed by atoms with E-state index in [2.05, 4.69) is 10.2 Å². The van der Waals surface area contributed by atoms with Gasteiger partial charge in [-0.05, 0) is 37.8 Å². The Morgan fingerprint density at radius 3 is 2.44 bits per heavy atom. The zero-order valence-corrected chi connectivity index (χ0v) is 16.8. The number of methoxy groups -OCH3 is 1. The Morgan fingerprint density at radius 2 is 1.89 bits per heavy atom. The molecule has 1 aromatic rings. The van der Waals surface area contributed by atoms with Gasteiger partial charge < -0.3 is 15.0 Å². The molecule has 0 spiro atoms. The number of nitrogens with zero attached hydrogens (tertiary/aromatic N) is 1. The Morgan fingerprint density at radius 1 is 1.22 bits per heavy atom. The molecular formula is C20H30N2O4S. The van der Waals surface area contributed by atoms with Crippen molar-refractivity contribution in [2.24, 2.45) is 5.92 Å². The minimum absolute atomic E-state index is 0.120. The fourth-order valence-electron chi connectivity index (χ4n) is 3.70. The fraction of sp³-hybridized carbons (Fsp3) is 0.650. The highest BCUT2D eigenvalue weighted by Crippen LogP contribution is 2.28. The highest BCUT2D eigenvalue weighted by atomic mass is 32.2. The number of rotatable bonds is 8. The average molecular weight is 395 g/mol. The Hall–Kier alpha value is -1.44. The van der Waals surface area contributed by atoms with Crippen molar-refractivity contribution < 1.29 is 17.9 Å². The SMILES string of the molecule is COC1(CNC(=O)C2CCC2)CCN(CCS(=O)(=O)c2ccccc2)CC1. The van der Waals surface area contributed by atoms with E-state index >= 15 is 0 Å². The molecule has 1 aliphatic carbocycles. The van der Waals surface area contributed by atoms with Crippen LogP contribution in [-0.2, 0) is 19.4 Å². The van der Waals surface area contributed by atoms with Gasteiger partial charge in [0.25, 0.3) is 0 Å². The normalized spacial score (nSPS) is 20.8. The predicted molar refractivity (Wildman–Crippen MR) is 104 cm³/mol.